The zero-order valence-electron chi connectivity index (χ0n) is 11.5. The van der Waals surface area contributed by atoms with Gasteiger partial charge in [0.2, 0.25) is 0 Å². The lowest BCUT2D eigenvalue weighted by molar-refractivity contribution is 0.460. The van der Waals surface area contributed by atoms with E-state index in [2.05, 4.69) is 19.9 Å². The van der Waals surface area contributed by atoms with Gasteiger partial charge < -0.3 is 10.2 Å². The highest BCUT2D eigenvalue weighted by molar-refractivity contribution is 5.93. The first-order valence-corrected chi connectivity index (χ1v) is 6.50. The molecule has 0 spiro atoms. The highest BCUT2D eigenvalue weighted by atomic mass is 16.3. The van der Waals surface area contributed by atoms with Crippen LogP contribution < -0.4 is 0 Å². The van der Waals surface area contributed by atoms with Gasteiger partial charge in [0.1, 0.15) is 24.2 Å². The lowest BCUT2D eigenvalue weighted by Crippen LogP contribution is -1.84. The molecule has 6 heteroatoms. The summed E-state index contributed by atoms with van der Waals surface area (Å²) in [6.45, 7) is 0. The second kappa shape index (κ2) is 6.01. The molecule has 0 saturated carbocycles. The summed E-state index contributed by atoms with van der Waals surface area (Å²) < 4.78 is 0. The van der Waals surface area contributed by atoms with Crippen LogP contribution in [-0.2, 0) is 0 Å². The number of hydrogen-bond acceptors (Lipinski definition) is 6. The highest BCUT2D eigenvalue weighted by Gasteiger charge is 1.98. The first-order chi connectivity index (χ1) is 10.7. The van der Waals surface area contributed by atoms with Crippen molar-refractivity contribution in [2.75, 3.05) is 0 Å². The van der Waals surface area contributed by atoms with E-state index in [0.29, 0.717) is 0 Å². The predicted octanol–water partition coefficient (Wildman–Crippen LogP) is 2.67. The number of hydrogen-bond donors (Lipinski definition) is 2. The monoisotopic (exact) mass is 292 g/mol. The van der Waals surface area contributed by atoms with Crippen molar-refractivity contribution in [2.45, 2.75) is 0 Å². The van der Waals surface area contributed by atoms with Crippen LogP contribution in [0, 0.1) is 0 Å². The van der Waals surface area contributed by atoms with Crippen molar-refractivity contribution in [2.24, 2.45) is 0 Å². The van der Waals surface area contributed by atoms with Gasteiger partial charge >= 0.3 is 0 Å². The Morgan fingerprint density at radius 1 is 0.636 bits per heavy atom. The van der Waals surface area contributed by atoms with E-state index in [4.69, 9.17) is 10.2 Å². The fourth-order valence-corrected chi connectivity index (χ4v) is 1.91. The van der Waals surface area contributed by atoms with Gasteiger partial charge in [0.25, 0.3) is 0 Å². The van der Waals surface area contributed by atoms with Gasteiger partial charge in [-0.3, -0.25) is 0 Å². The van der Waals surface area contributed by atoms with Gasteiger partial charge in [0, 0.05) is 23.2 Å². The average molecular weight is 292 g/mol. The molecule has 0 atom stereocenters. The number of phenolic OH excluding ortho intramolecular Hbond substituents is 2. The van der Waals surface area contributed by atoms with Gasteiger partial charge in [0.05, 0.1) is 11.0 Å². The quantitative estimate of drug-likeness (QED) is 0.382. The Kier molecular flexibility index (Phi) is 3.74. The minimum Gasteiger partial charge on any atom is -0.508 e. The molecule has 0 bridgehead atoms. The van der Waals surface area contributed by atoms with E-state index in [0.717, 1.165) is 21.8 Å². The summed E-state index contributed by atoms with van der Waals surface area (Å²) in [5.41, 5.74) is 1.84. The second-order valence-electron chi connectivity index (χ2n) is 4.53. The van der Waals surface area contributed by atoms with Crippen LogP contribution in [0.25, 0.3) is 21.8 Å². The Morgan fingerprint density at radius 2 is 1.05 bits per heavy atom. The van der Waals surface area contributed by atoms with Crippen LogP contribution in [0.5, 0.6) is 11.5 Å². The number of phenols is 2. The second-order valence-corrected chi connectivity index (χ2v) is 4.53. The average Bonchev–Trinajstić information content (AvgIpc) is 2.56. The van der Waals surface area contributed by atoms with Crippen LogP contribution in [0.2, 0.25) is 0 Å². The summed E-state index contributed by atoms with van der Waals surface area (Å²) in [6, 6.07) is 9.63. The largest absolute Gasteiger partial charge is 0.508 e. The van der Waals surface area contributed by atoms with Gasteiger partial charge in [0.15, 0.2) is 0 Å². The molecule has 2 aromatic carbocycles. The zero-order valence-corrected chi connectivity index (χ0v) is 11.5. The minimum atomic E-state index is 0.169. The van der Waals surface area contributed by atoms with Crippen LogP contribution >= 0.6 is 0 Å². The van der Waals surface area contributed by atoms with E-state index in [1.165, 1.54) is 36.9 Å². The summed E-state index contributed by atoms with van der Waals surface area (Å²) in [7, 11) is 0. The molecule has 2 heterocycles. The molecule has 0 aliphatic carbocycles. The summed E-state index contributed by atoms with van der Waals surface area (Å²) in [6.07, 6.45) is 6.64. The van der Waals surface area contributed by atoms with Gasteiger partial charge in [-0.25, -0.2) is 19.9 Å². The Hall–Kier alpha value is -3.28. The zero-order chi connectivity index (χ0) is 15.4. The number of aromatic hydroxyl groups is 2. The smallest absolute Gasteiger partial charge is 0.116 e. The van der Waals surface area contributed by atoms with Crippen molar-refractivity contribution in [3.8, 4) is 11.5 Å². The molecule has 0 amide bonds. The van der Waals surface area contributed by atoms with Crippen molar-refractivity contribution < 1.29 is 10.2 Å². The molecule has 4 aromatic rings. The minimum absolute atomic E-state index is 0.169. The van der Waals surface area contributed by atoms with Crippen LogP contribution in [0.3, 0.4) is 0 Å². The van der Waals surface area contributed by atoms with Crippen molar-refractivity contribution in [1.29, 1.82) is 0 Å². The molecule has 0 aliphatic heterocycles. The molecule has 0 saturated heterocycles. The molecular formula is C16H12N4O2. The number of rotatable bonds is 0. The standard InChI is InChI=1S/C10H6N4.C6H6O2/c1-7-3-11-6-14-10(7)2-8-4-12-5-13-9(1)8;7-5-1-2-6(8)4-3-5/h1-6H;1-4,7-8H. The first-order valence-electron chi connectivity index (χ1n) is 6.50. The van der Waals surface area contributed by atoms with Crippen molar-refractivity contribution in [3.63, 3.8) is 0 Å². The molecule has 0 radical (unpaired) electrons. The van der Waals surface area contributed by atoms with Crippen LogP contribution in [0.4, 0.5) is 0 Å². The number of aromatic nitrogens is 4. The van der Waals surface area contributed by atoms with Crippen molar-refractivity contribution >= 4 is 21.8 Å². The normalized spacial score (nSPS) is 10.2. The van der Waals surface area contributed by atoms with Gasteiger partial charge in [-0.05, 0) is 36.4 Å². The van der Waals surface area contributed by atoms with Crippen molar-refractivity contribution in [3.05, 3.63) is 61.4 Å². The Morgan fingerprint density at radius 3 is 1.45 bits per heavy atom. The highest BCUT2D eigenvalue weighted by Crippen LogP contribution is 2.17. The molecule has 2 aromatic heterocycles. The fourth-order valence-electron chi connectivity index (χ4n) is 1.91. The summed E-state index contributed by atoms with van der Waals surface area (Å²) in [5, 5.41) is 19.3. The molecule has 22 heavy (non-hydrogen) atoms. The molecule has 0 aliphatic rings. The SMILES string of the molecule is Oc1ccc(O)cc1.c1ncc2cc3ncncc3cc2n1. The van der Waals surface area contributed by atoms with Crippen LogP contribution in [-0.4, -0.2) is 30.1 Å². The Balaban J connectivity index is 0.000000154. The number of benzene rings is 2. The maximum atomic E-state index is 8.65. The number of nitrogens with zero attached hydrogens (tertiary/aromatic N) is 4. The summed E-state index contributed by atoms with van der Waals surface area (Å²) in [5.74, 6) is 0.339. The maximum Gasteiger partial charge on any atom is 0.116 e. The topological polar surface area (TPSA) is 92.0 Å². The fraction of sp³-hybridized carbons (Fsp3) is 0. The van der Waals surface area contributed by atoms with E-state index >= 15 is 0 Å². The first kappa shape index (κ1) is 13.7. The third-order valence-electron chi connectivity index (χ3n) is 2.98. The van der Waals surface area contributed by atoms with E-state index in [-0.39, 0.29) is 11.5 Å². The lowest BCUT2D eigenvalue weighted by atomic mass is 10.2. The van der Waals surface area contributed by atoms with Crippen molar-refractivity contribution in [1.82, 2.24) is 19.9 Å². The van der Waals surface area contributed by atoms with Gasteiger partial charge in [-0.15, -0.1) is 0 Å². The van der Waals surface area contributed by atoms with Gasteiger partial charge in [-0.1, -0.05) is 0 Å². The molecule has 108 valence electrons. The third kappa shape index (κ3) is 3.06. The summed E-state index contributed by atoms with van der Waals surface area (Å²) in [4.78, 5) is 16.3. The Labute approximate surface area is 125 Å². The van der Waals surface area contributed by atoms with E-state index in [9.17, 15) is 0 Å². The third-order valence-corrected chi connectivity index (χ3v) is 2.98. The van der Waals surface area contributed by atoms with E-state index in [1.807, 2.05) is 12.1 Å². The van der Waals surface area contributed by atoms with Gasteiger partial charge in [-0.2, -0.15) is 0 Å². The Bertz CT molecular complexity index is 784. The summed E-state index contributed by atoms with van der Waals surface area (Å²) >= 11 is 0. The lowest BCUT2D eigenvalue weighted by Gasteiger charge is -1.98. The van der Waals surface area contributed by atoms with Crippen LogP contribution in [0.15, 0.2) is 61.4 Å². The predicted molar refractivity (Wildman–Crippen MR) is 82.4 cm³/mol. The van der Waals surface area contributed by atoms with E-state index in [1.54, 1.807) is 12.4 Å². The maximum absolute atomic E-state index is 8.65. The molecule has 4 rings (SSSR count). The number of fused-ring (bicyclic) bond motifs is 2. The molecular weight excluding hydrogens is 280 g/mol. The molecule has 6 nitrogen and oxygen atoms in total. The molecule has 0 fully saturated rings. The molecule has 2 N–H and O–H groups in total. The molecule has 0 unspecified atom stereocenters. The van der Waals surface area contributed by atoms with E-state index < -0.39 is 0 Å². The van der Waals surface area contributed by atoms with Crippen LogP contribution in [0.1, 0.15) is 0 Å².